The number of methoxy groups -OCH3 is 1. The van der Waals surface area contributed by atoms with E-state index in [-0.39, 0.29) is 37.8 Å². The van der Waals surface area contributed by atoms with Crippen molar-refractivity contribution in [2.45, 2.75) is 25.1 Å². The minimum absolute atomic E-state index is 0.0393. The fourth-order valence-corrected chi connectivity index (χ4v) is 3.08. The van der Waals surface area contributed by atoms with Gasteiger partial charge in [-0.05, 0) is 6.42 Å². The summed E-state index contributed by atoms with van der Waals surface area (Å²) in [6.07, 6.45) is -3.57. The third-order valence-corrected chi connectivity index (χ3v) is 4.10. The number of aliphatic carboxylic acids is 1. The van der Waals surface area contributed by atoms with Crippen LogP contribution in [0.15, 0.2) is 11.0 Å². The van der Waals surface area contributed by atoms with Gasteiger partial charge in [0.1, 0.15) is 5.56 Å². The van der Waals surface area contributed by atoms with Gasteiger partial charge in [0.15, 0.2) is 0 Å². The Morgan fingerprint density at radius 1 is 1.46 bits per heavy atom. The van der Waals surface area contributed by atoms with Crippen LogP contribution in [0.25, 0.3) is 0 Å². The highest BCUT2D eigenvalue weighted by molar-refractivity contribution is 5.66. The molecule has 0 bridgehead atoms. The number of carbonyl (C=O) groups is 1. The number of anilines is 1. The molecule has 1 fully saturated rings. The highest BCUT2D eigenvalue weighted by Crippen LogP contribution is 2.37. The molecule has 11 heteroatoms. The van der Waals surface area contributed by atoms with Crippen LogP contribution >= 0.6 is 0 Å². The van der Waals surface area contributed by atoms with E-state index in [9.17, 15) is 22.8 Å². The van der Waals surface area contributed by atoms with E-state index in [2.05, 4.69) is 5.10 Å². The lowest BCUT2D eigenvalue weighted by molar-refractivity contribution is -0.139. The number of carboxylic acid groups (broad SMARTS) is 1. The zero-order valence-corrected chi connectivity index (χ0v) is 14.1. The maximum Gasteiger partial charge on any atom is 0.423 e. The van der Waals surface area contributed by atoms with Crippen LogP contribution in [0.1, 0.15) is 18.4 Å². The Bertz CT molecular complexity index is 679. The Labute approximate surface area is 146 Å². The molecule has 0 aromatic carbocycles. The van der Waals surface area contributed by atoms with Crippen LogP contribution in [0.3, 0.4) is 0 Å². The topological polar surface area (TPSA) is 105 Å². The molecule has 2 atom stereocenters. The number of nitrogens with one attached hydrogen (secondary N) is 1. The molecule has 1 aliphatic rings. The zero-order chi connectivity index (χ0) is 19.3. The third-order valence-electron chi connectivity index (χ3n) is 4.10. The average Bonchev–Trinajstić information content (AvgIpc) is 2.93. The summed E-state index contributed by atoms with van der Waals surface area (Å²) in [6.45, 7) is 0.584. The number of alkyl halides is 3. The van der Waals surface area contributed by atoms with E-state index in [1.807, 2.05) is 5.10 Å². The zero-order valence-electron chi connectivity index (χ0n) is 14.1. The van der Waals surface area contributed by atoms with E-state index in [0.717, 1.165) is 6.20 Å². The molecule has 1 aromatic rings. The fourth-order valence-electron chi connectivity index (χ4n) is 3.08. The van der Waals surface area contributed by atoms with E-state index in [4.69, 9.17) is 14.6 Å². The van der Waals surface area contributed by atoms with Gasteiger partial charge < -0.3 is 19.5 Å². The van der Waals surface area contributed by atoms with E-state index in [1.165, 1.54) is 12.0 Å². The number of halogens is 3. The molecule has 146 valence electrons. The molecule has 26 heavy (non-hydrogen) atoms. The SMILES string of the molecule is COCC1C[C@@H](COCCC(=O)O)N(c2cn[nH]c(=O)c2C(F)(F)F)C1. The minimum atomic E-state index is -4.83. The molecule has 2 rings (SSSR count). The molecule has 1 aliphatic heterocycles. The minimum Gasteiger partial charge on any atom is -0.481 e. The molecule has 2 N–H and O–H groups in total. The Morgan fingerprint density at radius 2 is 2.19 bits per heavy atom. The van der Waals surface area contributed by atoms with Gasteiger partial charge in [-0.1, -0.05) is 0 Å². The van der Waals surface area contributed by atoms with Gasteiger partial charge in [-0.2, -0.15) is 18.3 Å². The van der Waals surface area contributed by atoms with Crippen molar-refractivity contribution < 1.29 is 32.5 Å². The van der Waals surface area contributed by atoms with E-state index >= 15 is 0 Å². The molecule has 1 saturated heterocycles. The van der Waals surface area contributed by atoms with Gasteiger partial charge in [0.2, 0.25) is 0 Å². The summed E-state index contributed by atoms with van der Waals surface area (Å²) in [6, 6.07) is -0.450. The molecular formula is C15H20F3N3O5. The Hall–Kier alpha value is -2.14. The maximum absolute atomic E-state index is 13.3. The van der Waals surface area contributed by atoms with Gasteiger partial charge in [-0.25, -0.2) is 5.10 Å². The van der Waals surface area contributed by atoms with Crippen LogP contribution in [-0.2, 0) is 20.4 Å². The first-order valence-corrected chi connectivity index (χ1v) is 7.94. The van der Waals surface area contributed by atoms with Crippen molar-refractivity contribution >= 4 is 11.7 Å². The normalized spacial score (nSPS) is 20.5. The lowest BCUT2D eigenvalue weighted by atomic mass is 10.1. The second-order valence-electron chi connectivity index (χ2n) is 6.04. The van der Waals surface area contributed by atoms with Gasteiger partial charge in [0, 0.05) is 19.6 Å². The molecule has 1 unspecified atom stereocenters. The largest absolute Gasteiger partial charge is 0.481 e. The van der Waals surface area contributed by atoms with Crippen LogP contribution in [0.5, 0.6) is 0 Å². The lowest BCUT2D eigenvalue weighted by Crippen LogP contribution is -2.37. The van der Waals surface area contributed by atoms with Crippen LogP contribution < -0.4 is 10.5 Å². The van der Waals surface area contributed by atoms with Gasteiger partial charge in [-0.15, -0.1) is 0 Å². The lowest BCUT2D eigenvalue weighted by Gasteiger charge is -2.28. The Balaban J connectivity index is 2.24. The van der Waals surface area contributed by atoms with Crippen molar-refractivity contribution in [1.29, 1.82) is 0 Å². The summed E-state index contributed by atoms with van der Waals surface area (Å²) in [4.78, 5) is 23.7. The quantitative estimate of drug-likeness (QED) is 0.652. The van der Waals surface area contributed by atoms with E-state index < -0.39 is 29.3 Å². The van der Waals surface area contributed by atoms with Gasteiger partial charge in [0.05, 0.1) is 44.2 Å². The van der Waals surface area contributed by atoms with E-state index in [0.29, 0.717) is 13.0 Å². The molecule has 8 nitrogen and oxygen atoms in total. The first-order chi connectivity index (χ1) is 12.2. The summed E-state index contributed by atoms with van der Waals surface area (Å²) in [5, 5.41) is 13.9. The summed E-state index contributed by atoms with van der Waals surface area (Å²) < 4.78 is 50.4. The molecule has 1 aromatic heterocycles. The van der Waals surface area contributed by atoms with Gasteiger partial charge in [0.25, 0.3) is 5.56 Å². The van der Waals surface area contributed by atoms with Crippen LogP contribution in [0.2, 0.25) is 0 Å². The molecule has 0 amide bonds. The van der Waals surface area contributed by atoms with Crippen LogP contribution in [0, 0.1) is 5.92 Å². The summed E-state index contributed by atoms with van der Waals surface area (Å²) >= 11 is 0. The van der Waals surface area contributed by atoms with Crippen molar-refractivity contribution in [1.82, 2.24) is 10.2 Å². The number of aromatic amines is 1. The highest BCUT2D eigenvalue weighted by Gasteiger charge is 2.42. The van der Waals surface area contributed by atoms with Crippen molar-refractivity contribution in [3.05, 3.63) is 22.1 Å². The maximum atomic E-state index is 13.3. The molecular weight excluding hydrogens is 359 g/mol. The predicted octanol–water partition coefficient (Wildman–Crippen LogP) is 1.12. The first kappa shape index (κ1) is 20.2. The smallest absolute Gasteiger partial charge is 0.423 e. The second kappa shape index (κ2) is 8.49. The van der Waals surface area contributed by atoms with Crippen molar-refractivity contribution in [2.24, 2.45) is 5.92 Å². The molecule has 0 saturated carbocycles. The summed E-state index contributed by atoms with van der Waals surface area (Å²) in [7, 11) is 1.50. The highest BCUT2D eigenvalue weighted by atomic mass is 19.4. The first-order valence-electron chi connectivity index (χ1n) is 7.94. The number of carboxylic acids is 1. The van der Waals surface area contributed by atoms with E-state index in [1.54, 1.807) is 0 Å². The van der Waals surface area contributed by atoms with Crippen molar-refractivity contribution in [3.63, 3.8) is 0 Å². The fraction of sp³-hybridized carbons (Fsp3) is 0.667. The predicted molar refractivity (Wildman–Crippen MR) is 84.0 cm³/mol. The van der Waals surface area contributed by atoms with Gasteiger partial charge in [-0.3, -0.25) is 9.59 Å². The summed E-state index contributed by atoms with van der Waals surface area (Å²) in [5.41, 5.74) is -2.93. The van der Waals surface area contributed by atoms with Crippen LogP contribution in [-0.4, -0.2) is 60.8 Å². The third kappa shape index (κ3) is 4.94. The number of nitrogens with zero attached hydrogens (tertiary/aromatic N) is 2. The number of rotatable bonds is 8. The molecule has 2 heterocycles. The molecule has 0 spiro atoms. The van der Waals surface area contributed by atoms with Gasteiger partial charge >= 0.3 is 12.1 Å². The number of hydrogen-bond donors (Lipinski definition) is 2. The Kier molecular flexibility index (Phi) is 6.59. The van der Waals surface area contributed by atoms with Crippen molar-refractivity contribution in [2.75, 3.05) is 38.4 Å². The second-order valence-corrected chi connectivity index (χ2v) is 6.04. The number of ether oxygens (including phenoxy) is 2. The average molecular weight is 379 g/mol. The molecule has 0 radical (unpaired) electrons. The number of H-pyrrole nitrogens is 1. The number of aromatic nitrogens is 2. The van der Waals surface area contributed by atoms with Crippen molar-refractivity contribution in [3.8, 4) is 0 Å². The standard InChI is InChI=1S/C15H20F3N3O5/c1-25-7-9-4-10(8-26-3-2-12(22)23)21(6-9)11-5-19-20-14(24)13(11)15(16,17)18/h5,9-10H,2-4,6-8H2,1H3,(H,20,24)(H,22,23)/t9?,10-/m0/s1. The molecule has 0 aliphatic carbocycles. The number of hydrogen-bond acceptors (Lipinski definition) is 6. The Morgan fingerprint density at radius 3 is 2.81 bits per heavy atom. The monoisotopic (exact) mass is 379 g/mol. The van der Waals surface area contributed by atoms with Crippen LogP contribution in [0.4, 0.5) is 18.9 Å². The summed E-state index contributed by atoms with van der Waals surface area (Å²) in [5.74, 6) is -1.07.